The van der Waals surface area contributed by atoms with Gasteiger partial charge in [0, 0.05) is 11.9 Å². The standard InChI is InChI=1S/C25H26N2O4/c1-3-4-16-31-25(30)20-11-13-21(14-12-20)26-23(28)22-6-5-15-27(24(22)29)17-19-9-7-18(2)8-10-19/h5-15H,3-4,16-17H2,1-2H3,(H,26,28). The van der Waals surface area contributed by atoms with Crippen LogP contribution < -0.4 is 10.9 Å². The van der Waals surface area contributed by atoms with Crippen LogP contribution in [0.5, 0.6) is 0 Å². The minimum atomic E-state index is -0.499. The number of pyridine rings is 1. The molecular weight excluding hydrogens is 392 g/mol. The molecule has 6 heteroatoms. The van der Waals surface area contributed by atoms with E-state index in [2.05, 4.69) is 5.32 Å². The fourth-order valence-corrected chi connectivity index (χ4v) is 3.00. The summed E-state index contributed by atoms with van der Waals surface area (Å²) in [6.07, 6.45) is 3.43. The highest BCUT2D eigenvalue weighted by Gasteiger charge is 2.13. The van der Waals surface area contributed by atoms with Crippen LogP contribution in [0.15, 0.2) is 71.7 Å². The van der Waals surface area contributed by atoms with Crippen molar-refractivity contribution in [2.24, 2.45) is 0 Å². The second-order valence-electron chi connectivity index (χ2n) is 7.36. The number of aromatic nitrogens is 1. The van der Waals surface area contributed by atoms with E-state index in [-0.39, 0.29) is 11.1 Å². The van der Waals surface area contributed by atoms with E-state index in [0.29, 0.717) is 24.4 Å². The second kappa shape index (κ2) is 10.4. The lowest BCUT2D eigenvalue weighted by molar-refractivity contribution is 0.0499. The highest BCUT2D eigenvalue weighted by atomic mass is 16.5. The number of amides is 1. The van der Waals surface area contributed by atoms with Gasteiger partial charge in [0.2, 0.25) is 0 Å². The first-order chi connectivity index (χ1) is 15.0. The van der Waals surface area contributed by atoms with Crippen molar-refractivity contribution in [3.8, 4) is 0 Å². The van der Waals surface area contributed by atoms with Gasteiger partial charge in [-0.05, 0) is 55.3 Å². The summed E-state index contributed by atoms with van der Waals surface area (Å²) in [6, 6.07) is 17.5. The molecule has 0 saturated heterocycles. The Bertz CT molecular complexity index is 1100. The molecule has 0 fully saturated rings. The Hall–Kier alpha value is -3.67. The molecule has 0 saturated carbocycles. The number of nitrogens with one attached hydrogen (secondary N) is 1. The minimum absolute atomic E-state index is 0.0534. The Morgan fingerprint density at radius 2 is 1.71 bits per heavy atom. The third kappa shape index (κ3) is 5.92. The van der Waals surface area contributed by atoms with Crippen molar-refractivity contribution in [1.29, 1.82) is 0 Å². The smallest absolute Gasteiger partial charge is 0.338 e. The van der Waals surface area contributed by atoms with Crippen molar-refractivity contribution in [3.63, 3.8) is 0 Å². The van der Waals surface area contributed by atoms with Gasteiger partial charge in [-0.15, -0.1) is 0 Å². The number of benzene rings is 2. The maximum Gasteiger partial charge on any atom is 0.338 e. The Morgan fingerprint density at radius 3 is 2.39 bits per heavy atom. The maximum atomic E-state index is 12.8. The first-order valence-electron chi connectivity index (χ1n) is 10.3. The van der Waals surface area contributed by atoms with Gasteiger partial charge in [-0.2, -0.15) is 0 Å². The van der Waals surface area contributed by atoms with Crippen molar-refractivity contribution >= 4 is 17.6 Å². The molecule has 0 aliphatic heterocycles. The second-order valence-corrected chi connectivity index (χ2v) is 7.36. The summed E-state index contributed by atoms with van der Waals surface area (Å²) in [5, 5.41) is 2.71. The summed E-state index contributed by atoms with van der Waals surface area (Å²) in [7, 11) is 0. The number of carbonyl (C=O) groups excluding carboxylic acids is 2. The zero-order chi connectivity index (χ0) is 22.2. The molecular formula is C25H26N2O4. The number of esters is 1. The number of anilines is 1. The molecule has 0 atom stereocenters. The summed E-state index contributed by atoms with van der Waals surface area (Å²) in [6.45, 7) is 4.80. The number of nitrogens with zero attached hydrogens (tertiary/aromatic N) is 1. The van der Waals surface area contributed by atoms with Crippen molar-refractivity contribution in [3.05, 3.63) is 99.5 Å². The number of unbranched alkanes of at least 4 members (excludes halogenated alkanes) is 1. The van der Waals surface area contributed by atoms with Crippen LogP contribution in [-0.4, -0.2) is 23.1 Å². The van der Waals surface area contributed by atoms with Crippen LogP contribution in [0, 0.1) is 6.92 Å². The molecule has 0 aliphatic rings. The number of aryl methyl sites for hydroxylation is 1. The predicted molar refractivity (Wildman–Crippen MR) is 121 cm³/mol. The van der Waals surface area contributed by atoms with Crippen LogP contribution in [-0.2, 0) is 11.3 Å². The van der Waals surface area contributed by atoms with Gasteiger partial charge in [0.1, 0.15) is 5.56 Å². The summed E-state index contributed by atoms with van der Waals surface area (Å²) in [5.74, 6) is -0.894. The van der Waals surface area contributed by atoms with Crippen LogP contribution in [0.4, 0.5) is 5.69 Å². The Labute approximate surface area is 181 Å². The van der Waals surface area contributed by atoms with Crippen LogP contribution in [0.25, 0.3) is 0 Å². The molecule has 3 rings (SSSR count). The topological polar surface area (TPSA) is 77.4 Å². The Morgan fingerprint density at radius 1 is 1.00 bits per heavy atom. The first-order valence-corrected chi connectivity index (χ1v) is 10.3. The highest BCUT2D eigenvalue weighted by molar-refractivity contribution is 6.04. The molecule has 1 heterocycles. The van der Waals surface area contributed by atoms with Gasteiger partial charge in [-0.3, -0.25) is 9.59 Å². The first kappa shape index (κ1) is 22.0. The molecule has 1 aromatic heterocycles. The lowest BCUT2D eigenvalue weighted by atomic mass is 10.1. The molecule has 6 nitrogen and oxygen atoms in total. The monoisotopic (exact) mass is 418 g/mol. The Kier molecular flexibility index (Phi) is 7.38. The van der Waals surface area contributed by atoms with E-state index in [1.807, 2.05) is 38.1 Å². The average Bonchev–Trinajstić information content (AvgIpc) is 2.77. The molecule has 0 radical (unpaired) electrons. The van der Waals surface area contributed by atoms with Crippen molar-refractivity contribution in [2.75, 3.05) is 11.9 Å². The van der Waals surface area contributed by atoms with Gasteiger partial charge in [-0.1, -0.05) is 43.2 Å². The SMILES string of the molecule is CCCCOC(=O)c1ccc(NC(=O)c2cccn(Cc3ccc(C)cc3)c2=O)cc1. The van der Waals surface area contributed by atoms with Gasteiger partial charge < -0.3 is 14.6 Å². The van der Waals surface area contributed by atoms with Gasteiger partial charge >= 0.3 is 5.97 Å². The highest BCUT2D eigenvalue weighted by Crippen LogP contribution is 2.12. The molecule has 0 aliphatic carbocycles. The van der Waals surface area contributed by atoms with E-state index < -0.39 is 11.9 Å². The third-order valence-electron chi connectivity index (χ3n) is 4.85. The summed E-state index contributed by atoms with van der Waals surface area (Å²) in [4.78, 5) is 37.4. The molecule has 2 aromatic carbocycles. The van der Waals surface area contributed by atoms with Crippen molar-refractivity contribution in [2.45, 2.75) is 33.2 Å². The lowest BCUT2D eigenvalue weighted by Gasteiger charge is -2.10. The van der Waals surface area contributed by atoms with E-state index in [0.717, 1.165) is 24.0 Å². The van der Waals surface area contributed by atoms with Gasteiger partial charge in [0.25, 0.3) is 11.5 Å². The largest absolute Gasteiger partial charge is 0.462 e. The number of hydrogen-bond donors (Lipinski definition) is 1. The molecule has 0 unspecified atom stereocenters. The fraction of sp³-hybridized carbons (Fsp3) is 0.240. The molecule has 1 N–H and O–H groups in total. The van der Waals surface area contributed by atoms with E-state index in [9.17, 15) is 14.4 Å². The van der Waals surface area contributed by atoms with Crippen LogP contribution in [0.1, 0.15) is 51.6 Å². The lowest BCUT2D eigenvalue weighted by Crippen LogP contribution is -2.29. The van der Waals surface area contributed by atoms with E-state index >= 15 is 0 Å². The molecule has 0 bridgehead atoms. The molecule has 160 valence electrons. The third-order valence-corrected chi connectivity index (χ3v) is 4.85. The zero-order valence-electron chi connectivity index (χ0n) is 17.8. The molecule has 31 heavy (non-hydrogen) atoms. The van der Waals surface area contributed by atoms with Crippen molar-refractivity contribution < 1.29 is 14.3 Å². The van der Waals surface area contributed by atoms with Gasteiger partial charge in [0.15, 0.2) is 0 Å². The van der Waals surface area contributed by atoms with Gasteiger partial charge in [-0.25, -0.2) is 4.79 Å². The minimum Gasteiger partial charge on any atom is -0.462 e. The summed E-state index contributed by atoms with van der Waals surface area (Å²) < 4.78 is 6.68. The normalized spacial score (nSPS) is 10.5. The number of rotatable bonds is 8. The van der Waals surface area contributed by atoms with Crippen LogP contribution >= 0.6 is 0 Å². The summed E-state index contributed by atoms with van der Waals surface area (Å²) >= 11 is 0. The van der Waals surface area contributed by atoms with E-state index in [4.69, 9.17) is 4.74 Å². The predicted octanol–water partition coefficient (Wildman–Crippen LogP) is 4.41. The fourth-order valence-electron chi connectivity index (χ4n) is 3.00. The average molecular weight is 418 g/mol. The van der Waals surface area contributed by atoms with Gasteiger partial charge in [0.05, 0.1) is 18.7 Å². The zero-order valence-corrected chi connectivity index (χ0v) is 17.8. The molecule has 0 spiro atoms. The van der Waals surface area contributed by atoms with Crippen LogP contribution in [0.3, 0.4) is 0 Å². The number of carbonyl (C=O) groups is 2. The quantitative estimate of drug-likeness (QED) is 0.434. The maximum absolute atomic E-state index is 12.8. The molecule has 1 amide bonds. The number of hydrogen-bond acceptors (Lipinski definition) is 4. The van der Waals surface area contributed by atoms with E-state index in [1.54, 1.807) is 36.5 Å². The Balaban J connectivity index is 1.68. The molecule has 3 aromatic rings. The van der Waals surface area contributed by atoms with Crippen molar-refractivity contribution in [1.82, 2.24) is 4.57 Å². The van der Waals surface area contributed by atoms with E-state index in [1.165, 1.54) is 10.6 Å². The van der Waals surface area contributed by atoms with Crippen LogP contribution in [0.2, 0.25) is 0 Å². The number of ether oxygens (including phenoxy) is 1. The summed E-state index contributed by atoms with van der Waals surface area (Å²) in [5.41, 5.74) is 2.71.